The number of methoxy groups -OCH3 is 1. The predicted molar refractivity (Wildman–Crippen MR) is 125 cm³/mol. The lowest BCUT2D eigenvalue weighted by molar-refractivity contribution is -0.138. The van der Waals surface area contributed by atoms with Gasteiger partial charge in [0.1, 0.15) is 5.75 Å². The van der Waals surface area contributed by atoms with Gasteiger partial charge in [-0.3, -0.25) is 4.79 Å². The number of hydrogen-bond acceptors (Lipinski definition) is 7. The zero-order valence-electron chi connectivity index (χ0n) is 19.5. The summed E-state index contributed by atoms with van der Waals surface area (Å²) in [6, 6.07) is 13.4. The Labute approximate surface area is 198 Å². The van der Waals surface area contributed by atoms with Crippen LogP contribution in [0.15, 0.2) is 65.0 Å². The summed E-state index contributed by atoms with van der Waals surface area (Å²) in [4.78, 5) is 26.7. The number of allylic oxidation sites excluding steroid dienone is 3. The molecule has 0 unspecified atom stereocenters. The first-order chi connectivity index (χ1) is 16.5. The van der Waals surface area contributed by atoms with Gasteiger partial charge in [0.05, 0.1) is 19.3 Å². The third-order valence-electron chi connectivity index (χ3n) is 6.62. The van der Waals surface area contributed by atoms with Crippen LogP contribution in [-0.4, -0.2) is 32.3 Å². The van der Waals surface area contributed by atoms with Gasteiger partial charge in [-0.1, -0.05) is 18.2 Å². The van der Waals surface area contributed by atoms with E-state index in [0.29, 0.717) is 41.2 Å². The van der Waals surface area contributed by atoms with Gasteiger partial charge in [0.25, 0.3) is 0 Å². The van der Waals surface area contributed by atoms with Crippen LogP contribution in [0.3, 0.4) is 0 Å². The number of Topliss-reactive ketones (excluding diaryl/α,β-unsaturated/α-hetero) is 1. The molecular weight excluding hydrogens is 434 g/mol. The molecule has 2 atom stereocenters. The highest BCUT2D eigenvalue weighted by Gasteiger charge is 2.41. The molecule has 2 aromatic rings. The molecule has 1 aliphatic carbocycles. The lowest BCUT2D eigenvalue weighted by Gasteiger charge is -2.36. The van der Waals surface area contributed by atoms with Gasteiger partial charge in [-0.15, -0.1) is 0 Å². The van der Waals surface area contributed by atoms with Crippen molar-refractivity contribution in [2.24, 2.45) is 0 Å². The molecule has 0 radical (unpaired) electrons. The summed E-state index contributed by atoms with van der Waals surface area (Å²) < 4.78 is 21.8. The zero-order valence-corrected chi connectivity index (χ0v) is 19.5. The molecule has 3 aliphatic rings. The normalized spacial score (nSPS) is 21.2. The van der Waals surface area contributed by atoms with Crippen molar-refractivity contribution >= 4 is 11.8 Å². The van der Waals surface area contributed by atoms with Crippen molar-refractivity contribution in [3.63, 3.8) is 0 Å². The van der Waals surface area contributed by atoms with Crippen molar-refractivity contribution in [3.05, 3.63) is 76.1 Å². The number of rotatable bonds is 5. The molecule has 2 aliphatic heterocycles. The molecule has 0 spiro atoms. The van der Waals surface area contributed by atoms with Gasteiger partial charge in [-0.05, 0) is 61.6 Å². The van der Waals surface area contributed by atoms with E-state index in [1.54, 1.807) is 14.0 Å². The van der Waals surface area contributed by atoms with Crippen LogP contribution in [-0.2, 0) is 14.3 Å². The van der Waals surface area contributed by atoms with E-state index in [2.05, 4.69) is 5.32 Å². The van der Waals surface area contributed by atoms with Crippen molar-refractivity contribution in [3.8, 4) is 17.2 Å². The fraction of sp³-hybridized carbons (Fsp3) is 0.333. The van der Waals surface area contributed by atoms with E-state index in [9.17, 15) is 9.59 Å². The first-order valence-corrected chi connectivity index (χ1v) is 11.4. The summed E-state index contributed by atoms with van der Waals surface area (Å²) in [5.41, 5.74) is 4.46. The van der Waals surface area contributed by atoms with Crippen LogP contribution in [0.2, 0.25) is 0 Å². The third kappa shape index (κ3) is 3.81. The lowest BCUT2D eigenvalue weighted by Crippen LogP contribution is -2.36. The summed E-state index contributed by atoms with van der Waals surface area (Å²) >= 11 is 0. The molecule has 0 amide bonds. The highest BCUT2D eigenvalue weighted by atomic mass is 16.7. The van der Waals surface area contributed by atoms with Crippen molar-refractivity contribution in [2.75, 3.05) is 20.5 Å². The number of dihydropyridines is 1. The summed E-state index contributed by atoms with van der Waals surface area (Å²) in [6.45, 7) is 4.03. The maximum Gasteiger partial charge on any atom is 0.336 e. The minimum Gasteiger partial charge on any atom is -0.497 e. The SMILES string of the molecule is CCOC(=O)C1=C(C)NC2=C(C(=O)C[C@H](c3cccc(OC)c3)C2)[C@@H]1c1ccc2c(c1)OCO2. The highest BCUT2D eigenvalue weighted by molar-refractivity contribution is 6.04. The molecule has 7 heteroatoms. The van der Waals surface area contributed by atoms with Gasteiger partial charge in [-0.2, -0.15) is 0 Å². The van der Waals surface area contributed by atoms with E-state index in [4.69, 9.17) is 18.9 Å². The number of carbonyl (C=O) groups is 2. The van der Waals surface area contributed by atoms with Crippen LogP contribution in [0.25, 0.3) is 0 Å². The number of carbonyl (C=O) groups excluding carboxylic acids is 2. The number of esters is 1. The second-order valence-electron chi connectivity index (χ2n) is 8.63. The monoisotopic (exact) mass is 461 g/mol. The van der Waals surface area contributed by atoms with E-state index in [0.717, 1.165) is 22.6 Å². The van der Waals surface area contributed by atoms with Crippen molar-refractivity contribution in [2.45, 2.75) is 38.5 Å². The van der Waals surface area contributed by atoms with Gasteiger partial charge < -0.3 is 24.3 Å². The molecule has 5 rings (SSSR count). The van der Waals surface area contributed by atoms with Crippen molar-refractivity contribution in [1.82, 2.24) is 5.32 Å². The summed E-state index contributed by atoms with van der Waals surface area (Å²) in [5, 5.41) is 3.37. The quantitative estimate of drug-likeness (QED) is 0.663. The number of ether oxygens (including phenoxy) is 4. The van der Waals surface area contributed by atoms with Gasteiger partial charge in [0.2, 0.25) is 6.79 Å². The van der Waals surface area contributed by atoms with E-state index in [1.165, 1.54) is 0 Å². The number of fused-ring (bicyclic) bond motifs is 1. The second kappa shape index (κ2) is 8.89. The molecule has 176 valence electrons. The number of nitrogens with one attached hydrogen (secondary N) is 1. The number of hydrogen-bond donors (Lipinski definition) is 1. The molecule has 0 aromatic heterocycles. The highest BCUT2D eigenvalue weighted by Crippen LogP contribution is 2.47. The first kappa shape index (κ1) is 22.1. The Bertz CT molecular complexity index is 1230. The average molecular weight is 462 g/mol. The Morgan fingerprint density at radius 3 is 2.71 bits per heavy atom. The minimum absolute atomic E-state index is 0.0125. The largest absolute Gasteiger partial charge is 0.497 e. The Morgan fingerprint density at radius 2 is 1.91 bits per heavy atom. The molecule has 2 heterocycles. The molecule has 34 heavy (non-hydrogen) atoms. The molecule has 0 saturated carbocycles. The molecule has 1 N–H and O–H groups in total. The molecule has 0 saturated heterocycles. The smallest absolute Gasteiger partial charge is 0.336 e. The summed E-state index contributed by atoms with van der Waals surface area (Å²) in [7, 11) is 1.63. The third-order valence-corrected chi connectivity index (χ3v) is 6.62. The Morgan fingerprint density at radius 1 is 1.09 bits per heavy atom. The lowest BCUT2D eigenvalue weighted by atomic mass is 9.71. The van der Waals surface area contributed by atoms with Crippen molar-refractivity contribution in [1.29, 1.82) is 0 Å². The number of ketones is 1. The van der Waals surface area contributed by atoms with Gasteiger partial charge in [0.15, 0.2) is 17.3 Å². The van der Waals surface area contributed by atoms with Crippen molar-refractivity contribution < 1.29 is 28.5 Å². The average Bonchev–Trinajstić information content (AvgIpc) is 3.31. The number of benzene rings is 2. The first-order valence-electron chi connectivity index (χ1n) is 11.4. The van der Waals surface area contributed by atoms with E-state index in [1.807, 2.05) is 49.4 Å². The fourth-order valence-electron chi connectivity index (χ4n) is 5.08. The summed E-state index contributed by atoms with van der Waals surface area (Å²) in [5.74, 6) is 1.09. The van der Waals surface area contributed by atoms with Crippen LogP contribution < -0.4 is 19.5 Å². The topological polar surface area (TPSA) is 83.1 Å². The van der Waals surface area contributed by atoms with Crippen LogP contribution in [0.5, 0.6) is 17.2 Å². The van der Waals surface area contributed by atoms with Gasteiger partial charge >= 0.3 is 5.97 Å². The van der Waals surface area contributed by atoms with Gasteiger partial charge in [-0.25, -0.2) is 4.79 Å². The molecule has 7 nitrogen and oxygen atoms in total. The predicted octanol–water partition coefficient (Wildman–Crippen LogP) is 4.35. The Balaban J connectivity index is 1.58. The standard InChI is InChI=1S/C27H27NO6/c1-4-32-27(30)24-15(2)28-20-11-18(16-6-5-7-19(10-16)31-3)12-21(29)26(20)25(24)17-8-9-22-23(13-17)34-14-33-22/h5-10,13,18,25,28H,4,11-12,14H2,1-3H3/t18-,25-/m1/s1. The van der Waals surface area contributed by atoms with Gasteiger partial charge in [0, 0.05) is 29.3 Å². The maximum atomic E-state index is 13.7. The zero-order chi connectivity index (χ0) is 23.8. The maximum absolute atomic E-state index is 13.7. The summed E-state index contributed by atoms with van der Waals surface area (Å²) in [6.07, 6.45) is 1.01. The van der Waals surface area contributed by atoms with Crippen LogP contribution >= 0.6 is 0 Å². The molecule has 0 fully saturated rings. The second-order valence-corrected chi connectivity index (χ2v) is 8.63. The van der Waals surface area contributed by atoms with Crippen LogP contribution in [0, 0.1) is 0 Å². The molecular formula is C27H27NO6. The van der Waals surface area contributed by atoms with E-state index in [-0.39, 0.29) is 25.1 Å². The Kier molecular flexibility index (Phi) is 5.77. The Hall–Kier alpha value is -3.74. The van der Waals surface area contributed by atoms with Crippen LogP contribution in [0.4, 0.5) is 0 Å². The fourth-order valence-corrected chi connectivity index (χ4v) is 5.08. The molecule has 2 aromatic carbocycles. The molecule has 0 bridgehead atoms. The minimum atomic E-state index is -0.538. The van der Waals surface area contributed by atoms with Crippen LogP contribution in [0.1, 0.15) is 49.7 Å². The van der Waals surface area contributed by atoms with E-state index < -0.39 is 11.9 Å². The van der Waals surface area contributed by atoms with E-state index >= 15 is 0 Å².